The van der Waals surface area contributed by atoms with Gasteiger partial charge in [0.25, 0.3) is 11.4 Å². The first kappa shape index (κ1) is 24.2. The maximum absolute atomic E-state index is 13.7. The van der Waals surface area contributed by atoms with Crippen LogP contribution in [-0.2, 0) is 11.0 Å². The number of nitro groups is 1. The van der Waals surface area contributed by atoms with E-state index in [1.54, 1.807) is 6.07 Å². The molecule has 0 bridgehead atoms. The number of fused-ring (bicyclic) bond motifs is 1. The van der Waals surface area contributed by atoms with Gasteiger partial charge in [0.05, 0.1) is 10.3 Å². The van der Waals surface area contributed by atoms with Gasteiger partial charge in [-0.05, 0) is 35.9 Å². The van der Waals surface area contributed by atoms with E-state index in [1.807, 2.05) is 0 Å². The summed E-state index contributed by atoms with van der Waals surface area (Å²) < 4.78 is 56.2. The molecule has 11 heteroatoms. The molecule has 0 spiro atoms. The second-order valence-corrected chi connectivity index (χ2v) is 7.27. The van der Waals surface area contributed by atoms with Crippen molar-refractivity contribution >= 4 is 28.7 Å². The van der Waals surface area contributed by atoms with Gasteiger partial charge < -0.3 is 13.9 Å². The molecule has 8 nitrogen and oxygen atoms in total. The van der Waals surface area contributed by atoms with E-state index in [9.17, 15) is 32.9 Å². The number of alkyl halides is 3. The molecule has 0 amide bonds. The Kier molecular flexibility index (Phi) is 6.55. The monoisotopic (exact) mass is 497 g/mol. The molecule has 0 N–H and O–H groups in total. The molecule has 0 saturated heterocycles. The van der Waals surface area contributed by atoms with Crippen molar-refractivity contribution in [3.63, 3.8) is 0 Å². The van der Waals surface area contributed by atoms with Gasteiger partial charge in [0.15, 0.2) is 0 Å². The number of carbonyl (C=O) groups excluding carboxylic acids is 1. The average molecular weight is 497 g/mol. The second kappa shape index (κ2) is 9.74. The number of para-hydroxylation sites is 1. The van der Waals surface area contributed by atoms with Crippen molar-refractivity contribution < 1.29 is 36.8 Å². The third kappa shape index (κ3) is 5.41. The molecule has 3 aromatic carbocycles. The zero-order valence-corrected chi connectivity index (χ0v) is 18.0. The number of hydrogen-bond acceptors (Lipinski definition) is 7. The normalized spacial score (nSPS) is 11.5. The fourth-order valence-electron chi connectivity index (χ4n) is 3.16. The lowest BCUT2D eigenvalue weighted by Gasteiger charge is -2.13. The molecule has 0 saturated carbocycles. The summed E-state index contributed by atoms with van der Waals surface area (Å²) in [5.41, 5.74) is -1.35. The van der Waals surface area contributed by atoms with Crippen molar-refractivity contribution in [1.82, 2.24) is 0 Å². The van der Waals surface area contributed by atoms with Crippen molar-refractivity contribution in [3.05, 3.63) is 111 Å². The quantitative estimate of drug-likeness (QED) is 0.104. The summed E-state index contributed by atoms with van der Waals surface area (Å²) in [5, 5.41) is 10.6. The number of nitrogens with zero attached hydrogens (tertiary/aromatic N) is 1. The van der Waals surface area contributed by atoms with Crippen LogP contribution in [0.3, 0.4) is 0 Å². The van der Waals surface area contributed by atoms with Crippen molar-refractivity contribution in [1.29, 1.82) is 0 Å². The molecule has 0 aliphatic rings. The Balaban J connectivity index is 1.63. The Morgan fingerprint density at radius 1 is 0.972 bits per heavy atom. The van der Waals surface area contributed by atoms with Crippen LogP contribution >= 0.6 is 0 Å². The number of benzene rings is 3. The molecular formula is C25H14F3NO7. The summed E-state index contributed by atoms with van der Waals surface area (Å²) >= 11 is 0. The Morgan fingerprint density at radius 2 is 1.72 bits per heavy atom. The van der Waals surface area contributed by atoms with Crippen LogP contribution in [-0.4, -0.2) is 10.9 Å². The summed E-state index contributed by atoms with van der Waals surface area (Å²) in [6.07, 6.45) is -2.80. The smallest absolute Gasteiger partial charge is 0.449 e. The van der Waals surface area contributed by atoms with E-state index in [2.05, 4.69) is 0 Å². The number of esters is 1. The van der Waals surface area contributed by atoms with Gasteiger partial charge in [-0.15, -0.1) is 0 Å². The number of hydrogen-bond donors (Lipinski definition) is 0. The van der Waals surface area contributed by atoms with Crippen LogP contribution in [0.1, 0.15) is 11.3 Å². The van der Waals surface area contributed by atoms with E-state index in [-0.39, 0.29) is 22.6 Å². The van der Waals surface area contributed by atoms with Crippen LogP contribution in [0, 0.1) is 10.1 Å². The largest absolute Gasteiger partial charge is 0.453 e. The summed E-state index contributed by atoms with van der Waals surface area (Å²) in [7, 11) is 0. The molecule has 36 heavy (non-hydrogen) atoms. The molecule has 1 aromatic heterocycles. The van der Waals surface area contributed by atoms with Gasteiger partial charge in [0, 0.05) is 24.3 Å². The van der Waals surface area contributed by atoms with E-state index in [1.165, 1.54) is 60.7 Å². The van der Waals surface area contributed by atoms with E-state index >= 15 is 0 Å². The second-order valence-electron chi connectivity index (χ2n) is 7.27. The van der Waals surface area contributed by atoms with Crippen molar-refractivity contribution in [2.24, 2.45) is 0 Å². The van der Waals surface area contributed by atoms with Crippen LogP contribution in [0.25, 0.3) is 17.0 Å². The highest BCUT2D eigenvalue weighted by Crippen LogP contribution is 2.38. The SMILES string of the molecule is O=C(C=Cc1cccc([N+](=O)[O-])c1)Oc1ccc2c(=O)c(Oc3ccccc3)c(C(F)(F)F)oc2c1. The highest BCUT2D eigenvalue weighted by Gasteiger charge is 2.40. The Hall–Kier alpha value is -4.93. The lowest BCUT2D eigenvalue weighted by atomic mass is 10.2. The van der Waals surface area contributed by atoms with Gasteiger partial charge in [-0.1, -0.05) is 30.3 Å². The standard InChI is InChI=1S/C25H14F3NO7/c26-25(27,28)24-23(35-17-7-2-1-3-8-17)22(31)19-11-10-18(14-20(19)36-24)34-21(30)12-9-15-5-4-6-16(13-15)29(32)33/h1-14H. The lowest BCUT2D eigenvalue weighted by molar-refractivity contribution is -0.384. The van der Waals surface area contributed by atoms with E-state index in [4.69, 9.17) is 13.9 Å². The predicted molar refractivity (Wildman–Crippen MR) is 122 cm³/mol. The van der Waals surface area contributed by atoms with Gasteiger partial charge in [-0.3, -0.25) is 14.9 Å². The summed E-state index contributed by atoms with van der Waals surface area (Å²) in [5.74, 6) is -3.76. The predicted octanol–water partition coefficient (Wildman–Crippen LogP) is 6.13. The third-order valence-corrected chi connectivity index (χ3v) is 4.75. The first-order valence-electron chi connectivity index (χ1n) is 10.2. The average Bonchev–Trinajstić information content (AvgIpc) is 2.84. The molecule has 0 fully saturated rings. The Morgan fingerprint density at radius 3 is 2.42 bits per heavy atom. The number of non-ortho nitro benzene ring substituents is 1. The van der Waals surface area contributed by atoms with Crippen LogP contribution in [0.5, 0.6) is 17.2 Å². The van der Waals surface area contributed by atoms with Crippen molar-refractivity contribution in [2.75, 3.05) is 0 Å². The summed E-state index contributed by atoms with van der Waals surface area (Å²) in [4.78, 5) is 35.2. The van der Waals surface area contributed by atoms with Gasteiger partial charge >= 0.3 is 12.1 Å². The van der Waals surface area contributed by atoms with Crippen molar-refractivity contribution in [2.45, 2.75) is 6.18 Å². The Labute approximate surface area is 200 Å². The van der Waals surface area contributed by atoms with Crippen LogP contribution in [0.2, 0.25) is 0 Å². The van der Waals surface area contributed by atoms with Crippen LogP contribution < -0.4 is 14.9 Å². The minimum atomic E-state index is -5.05. The van der Waals surface area contributed by atoms with E-state index < -0.39 is 39.6 Å². The molecule has 4 rings (SSSR count). The first-order chi connectivity index (χ1) is 17.1. The van der Waals surface area contributed by atoms with E-state index in [0.717, 1.165) is 18.2 Å². The number of carbonyl (C=O) groups is 1. The maximum atomic E-state index is 13.7. The molecule has 0 unspecified atom stereocenters. The lowest BCUT2D eigenvalue weighted by Crippen LogP contribution is -2.15. The highest BCUT2D eigenvalue weighted by molar-refractivity contribution is 5.89. The summed E-state index contributed by atoms with van der Waals surface area (Å²) in [6.45, 7) is 0. The van der Waals surface area contributed by atoms with Gasteiger partial charge in [0.1, 0.15) is 17.1 Å². The maximum Gasteiger partial charge on any atom is 0.453 e. The van der Waals surface area contributed by atoms with Crippen molar-refractivity contribution in [3.8, 4) is 17.2 Å². The topological polar surface area (TPSA) is 109 Å². The van der Waals surface area contributed by atoms with Gasteiger partial charge in [0.2, 0.25) is 11.2 Å². The first-order valence-corrected chi connectivity index (χ1v) is 10.2. The molecule has 0 atom stereocenters. The van der Waals surface area contributed by atoms with Crippen LogP contribution in [0.4, 0.5) is 18.9 Å². The molecule has 0 radical (unpaired) electrons. The Bertz CT molecular complexity index is 1540. The minimum Gasteiger partial charge on any atom is -0.449 e. The number of rotatable bonds is 6. The molecule has 0 aliphatic carbocycles. The molecule has 0 aliphatic heterocycles. The fraction of sp³-hybridized carbons (Fsp3) is 0.0400. The highest BCUT2D eigenvalue weighted by atomic mass is 19.4. The van der Waals surface area contributed by atoms with E-state index in [0.29, 0.717) is 5.56 Å². The van der Waals surface area contributed by atoms with Gasteiger partial charge in [-0.25, -0.2) is 4.79 Å². The number of nitro benzene ring substituents is 1. The third-order valence-electron chi connectivity index (χ3n) is 4.75. The minimum absolute atomic E-state index is 0.00994. The summed E-state index contributed by atoms with van der Waals surface area (Å²) in [6, 6.07) is 16.2. The fourth-order valence-corrected chi connectivity index (χ4v) is 3.16. The van der Waals surface area contributed by atoms with Gasteiger partial charge in [-0.2, -0.15) is 13.2 Å². The molecule has 182 valence electrons. The number of ether oxygens (including phenoxy) is 2. The zero-order valence-electron chi connectivity index (χ0n) is 18.0. The van der Waals surface area contributed by atoms with Crippen LogP contribution in [0.15, 0.2) is 88.1 Å². The zero-order chi connectivity index (χ0) is 25.9. The molecular weight excluding hydrogens is 483 g/mol. The molecule has 4 aromatic rings. The number of halogens is 3. The molecule has 1 heterocycles.